The van der Waals surface area contributed by atoms with Crippen molar-refractivity contribution >= 4 is 11.8 Å². The van der Waals surface area contributed by atoms with Crippen LogP contribution >= 0.6 is 0 Å². The van der Waals surface area contributed by atoms with Gasteiger partial charge >= 0.3 is 0 Å². The van der Waals surface area contributed by atoms with Crippen molar-refractivity contribution in [3.8, 4) is 0 Å². The summed E-state index contributed by atoms with van der Waals surface area (Å²) < 4.78 is 0. The molecule has 6 heteroatoms. The molecule has 1 aromatic rings. The second-order valence-corrected chi connectivity index (χ2v) is 5.56. The second kappa shape index (κ2) is 7.38. The molecule has 1 aliphatic heterocycles. The first-order valence-electron chi connectivity index (χ1n) is 7.51. The third-order valence-electron chi connectivity index (χ3n) is 3.90. The third-order valence-corrected chi connectivity index (χ3v) is 3.90. The average molecular weight is 306 g/mol. The van der Waals surface area contributed by atoms with Crippen LogP contribution in [-0.2, 0) is 9.59 Å². The molecule has 1 saturated heterocycles. The molecule has 0 radical (unpaired) electrons. The zero-order valence-electron chi connectivity index (χ0n) is 12.6. The number of rotatable bonds is 5. The summed E-state index contributed by atoms with van der Waals surface area (Å²) in [4.78, 5) is 25.5. The Bertz CT molecular complexity index is 514. The van der Waals surface area contributed by atoms with E-state index >= 15 is 0 Å². The summed E-state index contributed by atoms with van der Waals surface area (Å²) in [5, 5.41) is 22.4. The lowest BCUT2D eigenvalue weighted by Crippen LogP contribution is -2.50. The fourth-order valence-electron chi connectivity index (χ4n) is 2.53. The first-order valence-corrected chi connectivity index (χ1v) is 7.51. The molecule has 2 amide bonds. The van der Waals surface area contributed by atoms with Gasteiger partial charge in [-0.3, -0.25) is 9.59 Å². The summed E-state index contributed by atoms with van der Waals surface area (Å²) >= 11 is 0. The Hall–Kier alpha value is -1.92. The summed E-state index contributed by atoms with van der Waals surface area (Å²) in [6.07, 6.45) is -1.72. The van der Waals surface area contributed by atoms with Crippen LogP contribution in [0.2, 0.25) is 0 Å². The predicted octanol–water partition coefficient (Wildman–Crippen LogP) is 0.208. The van der Waals surface area contributed by atoms with Crippen molar-refractivity contribution in [3.05, 3.63) is 35.9 Å². The molecule has 0 aliphatic carbocycles. The zero-order valence-corrected chi connectivity index (χ0v) is 12.6. The molecule has 3 N–H and O–H groups in total. The van der Waals surface area contributed by atoms with Gasteiger partial charge < -0.3 is 20.4 Å². The molecule has 0 spiro atoms. The largest absolute Gasteiger partial charge is 0.380 e. The van der Waals surface area contributed by atoms with Crippen LogP contribution in [0.4, 0.5) is 0 Å². The van der Waals surface area contributed by atoms with Crippen molar-refractivity contribution in [3.63, 3.8) is 0 Å². The van der Waals surface area contributed by atoms with Gasteiger partial charge in [-0.15, -0.1) is 0 Å². The monoisotopic (exact) mass is 306 g/mol. The van der Waals surface area contributed by atoms with E-state index in [4.69, 9.17) is 0 Å². The van der Waals surface area contributed by atoms with Crippen LogP contribution in [-0.4, -0.2) is 52.2 Å². The van der Waals surface area contributed by atoms with E-state index in [-0.39, 0.29) is 6.04 Å². The average Bonchev–Trinajstić information content (AvgIpc) is 3.07. The van der Waals surface area contributed by atoms with Crippen molar-refractivity contribution in [1.82, 2.24) is 10.2 Å². The fraction of sp³-hybridized carbons (Fsp3) is 0.500. The maximum Gasteiger partial charge on any atom is 0.254 e. The number of benzene rings is 1. The smallest absolute Gasteiger partial charge is 0.254 e. The summed E-state index contributed by atoms with van der Waals surface area (Å²) in [5.74, 6) is -1.34. The van der Waals surface area contributed by atoms with Crippen LogP contribution in [0, 0.1) is 0 Å². The van der Waals surface area contributed by atoms with Crippen molar-refractivity contribution in [2.45, 2.75) is 38.0 Å². The number of nitrogens with one attached hydrogen (secondary N) is 1. The minimum atomic E-state index is -1.76. The second-order valence-electron chi connectivity index (χ2n) is 5.56. The molecule has 0 saturated carbocycles. The SMILES string of the molecule is C[C@@H](NC(=O)[C@H](O)[C@@H](O)C(=O)N1CCCC1)c1ccccc1. The van der Waals surface area contributed by atoms with E-state index in [0.29, 0.717) is 13.1 Å². The molecule has 1 heterocycles. The van der Waals surface area contributed by atoms with Gasteiger partial charge in [0.1, 0.15) is 0 Å². The molecular weight excluding hydrogens is 284 g/mol. The van der Waals surface area contributed by atoms with Gasteiger partial charge in [-0.05, 0) is 25.3 Å². The highest BCUT2D eigenvalue weighted by atomic mass is 16.3. The first-order chi connectivity index (χ1) is 10.5. The molecule has 0 bridgehead atoms. The van der Waals surface area contributed by atoms with Crippen LogP contribution in [0.15, 0.2) is 30.3 Å². The zero-order chi connectivity index (χ0) is 16.1. The van der Waals surface area contributed by atoms with Gasteiger partial charge in [0.15, 0.2) is 12.2 Å². The first kappa shape index (κ1) is 16.5. The number of hydrogen-bond donors (Lipinski definition) is 3. The number of amides is 2. The highest BCUT2D eigenvalue weighted by Gasteiger charge is 2.34. The van der Waals surface area contributed by atoms with E-state index in [1.54, 1.807) is 6.92 Å². The predicted molar refractivity (Wildman–Crippen MR) is 80.8 cm³/mol. The molecule has 2 rings (SSSR count). The lowest BCUT2D eigenvalue weighted by Gasteiger charge is -2.23. The number of aliphatic hydroxyl groups is 2. The Morgan fingerprint density at radius 3 is 2.27 bits per heavy atom. The number of likely N-dealkylation sites (tertiary alicyclic amines) is 1. The Labute approximate surface area is 129 Å². The third kappa shape index (κ3) is 3.84. The lowest BCUT2D eigenvalue weighted by atomic mass is 10.1. The summed E-state index contributed by atoms with van der Waals surface area (Å²) in [6, 6.07) is 8.94. The number of nitrogens with zero attached hydrogens (tertiary/aromatic N) is 1. The molecule has 0 aromatic heterocycles. The van der Waals surface area contributed by atoms with Crippen molar-refractivity contribution in [2.75, 3.05) is 13.1 Å². The van der Waals surface area contributed by atoms with E-state index in [1.165, 1.54) is 4.90 Å². The normalized spacial score (nSPS) is 18.6. The lowest BCUT2D eigenvalue weighted by molar-refractivity contribution is -0.152. The fourth-order valence-corrected chi connectivity index (χ4v) is 2.53. The molecule has 1 aliphatic rings. The molecule has 22 heavy (non-hydrogen) atoms. The molecule has 1 aromatic carbocycles. The Kier molecular flexibility index (Phi) is 5.51. The van der Waals surface area contributed by atoms with Gasteiger partial charge in [0, 0.05) is 13.1 Å². The van der Waals surface area contributed by atoms with Crippen LogP contribution < -0.4 is 5.32 Å². The summed E-state index contributed by atoms with van der Waals surface area (Å²) in [5.41, 5.74) is 0.878. The minimum absolute atomic E-state index is 0.322. The van der Waals surface area contributed by atoms with Gasteiger partial charge in [0.2, 0.25) is 0 Å². The topological polar surface area (TPSA) is 89.9 Å². The Balaban J connectivity index is 1.92. The van der Waals surface area contributed by atoms with Gasteiger partial charge in [0.25, 0.3) is 11.8 Å². The Morgan fingerprint density at radius 2 is 1.68 bits per heavy atom. The van der Waals surface area contributed by atoms with Crippen molar-refractivity contribution in [2.24, 2.45) is 0 Å². The summed E-state index contributed by atoms with van der Waals surface area (Å²) in [7, 11) is 0. The van der Waals surface area contributed by atoms with E-state index in [0.717, 1.165) is 18.4 Å². The molecular formula is C16H22N2O4. The number of carbonyl (C=O) groups excluding carboxylic acids is 2. The van der Waals surface area contributed by atoms with Crippen LogP contribution in [0.3, 0.4) is 0 Å². The van der Waals surface area contributed by atoms with Gasteiger partial charge in [-0.25, -0.2) is 0 Å². The highest BCUT2D eigenvalue weighted by molar-refractivity contribution is 5.90. The van der Waals surface area contributed by atoms with Gasteiger partial charge in [-0.1, -0.05) is 30.3 Å². The molecule has 0 unspecified atom stereocenters. The molecule has 1 fully saturated rings. The minimum Gasteiger partial charge on any atom is -0.380 e. The van der Waals surface area contributed by atoms with E-state index in [1.807, 2.05) is 30.3 Å². The molecule has 3 atom stereocenters. The Morgan fingerprint density at radius 1 is 1.09 bits per heavy atom. The number of aliphatic hydroxyl groups excluding tert-OH is 2. The van der Waals surface area contributed by atoms with Gasteiger partial charge in [0.05, 0.1) is 6.04 Å². The van der Waals surface area contributed by atoms with Crippen LogP contribution in [0.1, 0.15) is 31.4 Å². The number of carbonyl (C=O) groups is 2. The maximum absolute atomic E-state index is 12.0. The van der Waals surface area contributed by atoms with Gasteiger partial charge in [-0.2, -0.15) is 0 Å². The van der Waals surface area contributed by atoms with Crippen LogP contribution in [0.5, 0.6) is 0 Å². The summed E-state index contributed by atoms with van der Waals surface area (Å²) in [6.45, 7) is 2.89. The van der Waals surface area contributed by atoms with Crippen LogP contribution in [0.25, 0.3) is 0 Å². The number of hydrogen-bond acceptors (Lipinski definition) is 4. The van der Waals surface area contributed by atoms with Crippen molar-refractivity contribution < 1.29 is 19.8 Å². The molecule has 120 valence electrons. The highest BCUT2D eigenvalue weighted by Crippen LogP contribution is 2.13. The quantitative estimate of drug-likeness (QED) is 0.725. The van der Waals surface area contributed by atoms with E-state index < -0.39 is 24.0 Å². The standard InChI is InChI=1S/C16H22N2O4/c1-11(12-7-3-2-4-8-12)17-15(21)13(19)14(20)16(22)18-9-5-6-10-18/h2-4,7-8,11,13-14,19-20H,5-6,9-10H2,1H3,(H,17,21)/t11-,13-,14-/m1/s1. The van der Waals surface area contributed by atoms with E-state index in [2.05, 4.69) is 5.32 Å². The van der Waals surface area contributed by atoms with E-state index in [9.17, 15) is 19.8 Å². The van der Waals surface area contributed by atoms with Crippen molar-refractivity contribution in [1.29, 1.82) is 0 Å². The maximum atomic E-state index is 12.0. The molecule has 6 nitrogen and oxygen atoms in total.